The molecule has 1 aliphatic carbocycles. The summed E-state index contributed by atoms with van der Waals surface area (Å²) in [6, 6.07) is 8.70. The van der Waals surface area contributed by atoms with Crippen molar-refractivity contribution in [2.75, 3.05) is 19.6 Å². The van der Waals surface area contributed by atoms with E-state index in [0.717, 1.165) is 25.6 Å². The van der Waals surface area contributed by atoms with Crippen molar-refractivity contribution in [3.8, 4) is 0 Å². The summed E-state index contributed by atoms with van der Waals surface area (Å²) < 4.78 is 0. The van der Waals surface area contributed by atoms with Crippen LogP contribution in [0.5, 0.6) is 0 Å². The zero-order valence-electron chi connectivity index (χ0n) is 12.5. The Balaban J connectivity index is 0.00000200. The largest absolute Gasteiger partial charge is 0.357 e. The Kier molecular flexibility index (Phi) is 7.95. The first-order chi connectivity index (χ1) is 9.35. The number of rotatable bonds is 6. The van der Waals surface area contributed by atoms with Crippen LogP contribution in [0.1, 0.15) is 43.7 Å². The van der Waals surface area contributed by atoms with Crippen molar-refractivity contribution < 1.29 is 0 Å². The number of unbranched alkanes of at least 4 members (excludes halogenated alkanes) is 1. The second kappa shape index (κ2) is 9.21. The summed E-state index contributed by atoms with van der Waals surface area (Å²) >= 11 is 0. The van der Waals surface area contributed by atoms with Crippen LogP contribution in [0.4, 0.5) is 0 Å². The third kappa shape index (κ3) is 4.65. The molecule has 0 spiro atoms. The van der Waals surface area contributed by atoms with Gasteiger partial charge in [0.2, 0.25) is 0 Å². The van der Waals surface area contributed by atoms with Gasteiger partial charge in [-0.15, -0.1) is 24.0 Å². The Morgan fingerprint density at radius 2 is 2.05 bits per heavy atom. The molecule has 1 unspecified atom stereocenters. The average molecular weight is 387 g/mol. The predicted octanol–water partition coefficient (Wildman–Crippen LogP) is 3.30. The van der Waals surface area contributed by atoms with Crippen molar-refractivity contribution in [3.05, 3.63) is 35.4 Å². The minimum absolute atomic E-state index is 0. The van der Waals surface area contributed by atoms with Crippen molar-refractivity contribution in [1.29, 1.82) is 0 Å². The van der Waals surface area contributed by atoms with Crippen molar-refractivity contribution in [2.45, 2.75) is 39.0 Å². The van der Waals surface area contributed by atoms with Gasteiger partial charge >= 0.3 is 0 Å². The maximum atomic E-state index is 4.70. The second-order valence-electron chi connectivity index (χ2n) is 5.10. The van der Waals surface area contributed by atoms with E-state index in [1.165, 1.54) is 30.4 Å². The molecule has 112 valence electrons. The maximum Gasteiger partial charge on any atom is 0.191 e. The Hall–Kier alpha value is -0.780. The molecular formula is C16H26IN3. The van der Waals surface area contributed by atoms with Gasteiger partial charge in [-0.25, -0.2) is 0 Å². The van der Waals surface area contributed by atoms with Gasteiger partial charge in [0.15, 0.2) is 5.96 Å². The fourth-order valence-corrected chi connectivity index (χ4v) is 2.45. The Labute approximate surface area is 139 Å². The highest BCUT2D eigenvalue weighted by atomic mass is 127. The van der Waals surface area contributed by atoms with E-state index in [1.54, 1.807) is 0 Å². The van der Waals surface area contributed by atoms with E-state index in [2.05, 4.69) is 48.7 Å². The molecule has 20 heavy (non-hydrogen) atoms. The lowest BCUT2D eigenvalue weighted by Gasteiger charge is -2.28. The molecule has 0 aliphatic heterocycles. The molecule has 0 heterocycles. The van der Waals surface area contributed by atoms with Crippen molar-refractivity contribution in [2.24, 2.45) is 4.99 Å². The molecule has 1 aliphatic rings. The quantitative estimate of drug-likeness (QED) is 0.340. The van der Waals surface area contributed by atoms with E-state index >= 15 is 0 Å². The van der Waals surface area contributed by atoms with E-state index in [1.807, 2.05) is 0 Å². The summed E-state index contributed by atoms with van der Waals surface area (Å²) in [6.45, 7) is 7.12. The number of nitrogens with one attached hydrogen (secondary N) is 2. The lowest BCUT2D eigenvalue weighted by Crippen LogP contribution is -2.38. The van der Waals surface area contributed by atoms with E-state index in [-0.39, 0.29) is 24.0 Å². The van der Waals surface area contributed by atoms with E-state index in [9.17, 15) is 0 Å². The number of aliphatic imine (C=N–C) groups is 1. The predicted molar refractivity (Wildman–Crippen MR) is 97.2 cm³/mol. The van der Waals surface area contributed by atoms with E-state index in [0.29, 0.717) is 5.92 Å². The highest BCUT2D eigenvalue weighted by Gasteiger charge is 2.24. The van der Waals surface area contributed by atoms with E-state index < -0.39 is 0 Å². The first kappa shape index (κ1) is 17.3. The first-order valence-corrected chi connectivity index (χ1v) is 7.45. The molecule has 1 aromatic carbocycles. The van der Waals surface area contributed by atoms with Crippen LogP contribution in [0.3, 0.4) is 0 Å². The van der Waals surface area contributed by atoms with Crippen molar-refractivity contribution in [3.63, 3.8) is 0 Å². The molecule has 2 N–H and O–H groups in total. The van der Waals surface area contributed by atoms with Gasteiger partial charge in [-0.05, 0) is 30.9 Å². The fraction of sp³-hybridized carbons (Fsp3) is 0.562. The first-order valence-electron chi connectivity index (χ1n) is 7.45. The van der Waals surface area contributed by atoms with Crippen LogP contribution in [0, 0.1) is 0 Å². The number of benzene rings is 1. The van der Waals surface area contributed by atoms with Gasteiger partial charge in [0.1, 0.15) is 0 Å². The summed E-state index contributed by atoms with van der Waals surface area (Å²) in [4.78, 5) is 4.70. The number of nitrogens with zero attached hydrogens (tertiary/aromatic N) is 1. The normalized spacial score (nSPS) is 16.7. The molecule has 0 bridgehead atoms. The third-order valence-corrected chi connectivity index (χ3v) is 3.60. The molecule has 1 atom stereocenters. The zero-order valence-corrected chi connectivity index (χ0v) is 14.8. The van der Waals surface area contributed by atoms with Crippen molar-refractivity contribution in [1.82, 2.24) is 10.6 Å². The molecule has 0 saturated carbocycles. The molecule has 0 aromatic heterocycles. The molecule has 0 saturated heterocycles. The molecule has 0 fully saturated rings. The van der Waals surface area contributed by atoms with Gasteiger partial charge in [-0.1, -0.05) is 37.6 Å². The summed E-state index contributed by atoms with van der Waals surface area (Å²) in [5.74, 6) is 1.57. The average Bonchev–Trinajstić information content (AvgIpc) is 2.40. The highest BCUT2D eigenvalue weighted by molar-refractivity contribution is 14.0. The highest BCUT2D eigenvalue weighted by Crippen LogP contribution is 2.34. The van der Waals surface area contributed by atoms with Crippen LogP contribution < -0.4 is 10.6 Å². The van der Waals surface area contributed by atoms with E-state index in [4.69, 9.17) is 4.99 Å². The molecule has 0 radical (unpaired) electrons. The van der Waals surface area contributed by atoms with Gasteiger partial charge in [-0.2, -0.15) is 0 Å². The van der Waals surface area contributed by atoms with Gasteiger partial charge < -0.3 is 10.6 Å². The summed E-state index contributed by atoms with van der Waals surface area (Å²) in [6.07, 6.45) is 3.58. The number of halogens is 1. The number of guanidine groups is 1. The number of hydrogen-bond donors (Lipinski definition) is 2. The molecule has 4 heteroatoms. The van der Waals surface area contributed by atoms with Crippen molar-refractivity contribution >= 4 is 29.9 Å². The molecule has 0 amide bonds. The Bertz CT molecular complexity index is 431. The monoisotopic (exact) mass is 387 g/mol. The minimum Gasteiger partial charge on any atom is -0.357 e. The summed E-state index contributed by atoms with van der Waals surface area (Å²) in [7, 11) is 0. The Morgan fingerprint density at radius 3 is 2.75 bits per heavy atom. The molecule has 2 rings (SSSR count). The number of hydrogen-bond acceptors (Lipinski definition) is 1. The van der Waals surface area contributed by atoms with Crippen LogP contribution in [0.15, 0.2) is 29.3 Å². The maximum absolute atomic E-state index is 4.70. The SMILES string of the molecule is CCCCNC(=NCC1Cc2ccccc21)NCC.I. The number of fused-ring (bicyclic) bond motifs is 1. The minimum atomic E-state index is 0. The standard InChI is InChI=1S/C16H25N3.HI/c1-3-5-10-18-16(17-4-2)19-12-14-11-13-8-6-7-9-15(13)14;/h6-9,14H,3-5,10-12H2,1-2H3,(H2,17,18,19);1H. The smallest absolute Gasteiger partial charge is 0.191 e. The summed E-state index contributed by atoms with van der Waals surface area (Å²) in [5.41, 5.74) is 2.97. The molecule has 3 nitrogen and oxygen atoms in total. The topological polar surface area (TPSA) is 36.4 Å². The lowest BCUT2D eigenvalue weighted by atomic mass is 9.78. The second-order valence-corrected chi connectivity index (χ2v) is 5.10. The van der Waals surface area contributed by atoms with Gasteiger partial charge in [0, 0.05) is 25.6 Å². The zero-order chi connectivity index (χ0) is 13.5. The van der Waals surface area contributed by atoms with Gasteiger partial charge in [0.25, 0.3) is 0 Å². The van der Waals surface area contributed by atoms with Crippen LogP contribution in [-0.2, 0) is 6.42 Å². The van der Waals surface area contributed by atoms with Crippen LogP contribution in [0.2, 0.25) is 0 Å². The molecule has 1 aromatic rings. The molecular weight excluding hydrogens is 361 g/mol. The van der Waals surface area contributed by atoms with Crippen LogP contribution >= 0.6 is 24.0 Å². The fourth-order valence-electron chi connectivity index (χ4n) is 2.45. The third-order valence-electron chi connectivity index (χ3n) is 3.60. The Morgan fingerprint density at radius 1 is 1.25 bits per heavy atom. The van der Waals surface area contributed by atoms with Gasteiger partial charge in [-0.3, -0.25) is 4.99 Å². The van der Waals surface area contributed by atoms with Crippen LogP contribution in [-0.4, -0.2) is 25.6 Å². The summed E-state index contributed by atoms with van der Waals surface area (Å²) in [5, 5.41) is 6.70. The van der Waals surface area contributed by atoms with Crippen LogP contribution in [0.25, 0.3) is 0 Å². The van der Waals surface area contributed by atoms with Gasteiger partial charge in [0.05, 0.1) is 0 Å². The lowest BCUT2D eigenvalue weighted by molar-refractivity contribution is 0.613.